The molecule has 0 unspecified atom stereocenters. The highest BCUT2D eigenvalue weighted by Crippen LogP contribution is 2.38. The number of alkyl halides is 6. The van der Waals surface area contributed by atoms with Gasteiger partial charge in [-0.3, -0.25) is 9.59 Å². The number of carbonyl (C=O) groups is 1. The molecule has 4 rings (SSSR count). The molecular formula is C22H24F6N6O5. The molecule has 0 radical (unpaired) electrons. The number of ether oxygens (including phenoxy) is 2. The fourth-order valence-electron chi connectivity index (χ4n) is 4.31. The van der Waals surface area contributed by atoms with Gasteiger partial charge in [0.15, 0.2) is 17.7 Å². The lowest BCUT2D eigenvalue weighted by Crippen LogP contribution is -2.60. The standard InChI is InChI=1S/C22H24F6N6O5/c1-11(31-14-6-30-32-19(36)17(14)22(26,27)28)8-38-10-15(35)20(37)33-2-3-34-13(7-33)9-39-16-4-12(21(23,24)25)5-29-18(16)34/h4-6,11,13,15,35H,2-3,7-10H2,1H3,(H2,31,32,36)/t11-,13+,15-/m0/s1. The molecule has 17 heteroatoms. The van der Waals surface area contributed by atoms with Crippen LogP contribution in [0.5, 0.6) is 5.75 Å². The quantitative estimate of drug-likeness (QED) is 0.427. The van der Waals surface area contributed by atoms with Crippen molar-refractivity contribution in [2.24, 2.45) is 0 Å². The minimum Gasteiger partial charge on any atom is -0.487 e. The first-order valence-electron chi connectivity index (χ1n) is 11.7. The summed E-state index contributed by atoms with van der Waals surface area (Å²) in [4.78, 5) is 31.3. The summed E-state index contributed by atoms with van der Waals surface area (Å²) in [5, 5.41) is 17.9. The van der Waals surface area contributed by atoms with Gasteiger partial charge in [0.1, 0.15) is 12.2 Å². The van der Waals surface area contributed by atoms with Gasteiger partial charge in [0.25, 0.3) is 11.5 Å². The molecule has 0 aromatic carbocycles. The second-order valence-corrected chi connectivity index (χ2v) is 9.07. The number of aromatic nitrogens is 3. The number of aliphatic hydroxyl groups is 1. The van der Waals surface area contributed by atoms with Crippen LogP contribution in [-0.2, 0) is 21.9 Å². The second-order valence-electron chi connectivity index (χ2n) is 9.07. The molecule has 4 heterocycles. The first-order valence-corrected chi connectivity index (χ1v) is 11.7. The molecule has 1 amide bonds. The lowest BCUT2D eigenvalue weighted by molar-refractivity contribution is -0.144. The molecule has 3 atom stereocenters. The van der Waals surface area contributed by atoms with Crippen molar-refractivity contribution < 1.29 is 45.7 Å². The summed E-state index contributed by atoms with van der Waals surface area (Å²) in [6.45, 7) is 1.34. The summed E-state index contributed by atoms with van der Waals surface area (Å²) >= 11 is 0. The van der Waals surface area contributed by atoms with Crippen molar-refractivity contribution >= 4 is 17.4 Å². The highest BCUT2D eigenvalue weighted by molar-refractivity contribution is 5.81. The van der Waals surface area contributed by atoms with E-state index >= 15 is 0 Å². The highest BCUT2D eigenvalue weighted by Gasteiger charge is 2.40. The third-order valence-corrected chi connectivity index (χ3v) is 6.13. The van der Waals surface area contributed by atoms with Crippen LogP contribution in [-0.4, -0.2) is 88.7 Å². The van der Waals surface area contributed by atoms with Gasteiger partial charge in [-0.2, -0.15) is 31.4 Å². The topological polar surface area (TPSA) is 133 Å². The molecular weight excluding hydrogens is 542 g/mol. The maximum Gasteiger partial charge on any atom is 0.423 e. The minimum atomic E-state index is -4.92. The first kappa shape index (κ1) is 28.4. The average Bonchev–Trinajstić information content (AvgIpc) is 2.86. The number of H-pyrrole nitrogens is 1. The predicted molar refractivity (Wildman–Crippen MR) is 122 cm³/mol. The summed E-state index contributed by atoms with van der Waals surface area (Å²) in [5.41, 5.74) is -4.33. The van der Waals surface area contributed by atoms with E-state index in [-0.39, 0.29) is 44.4 Å². The summed E-state index contributed by atoms with van der Waals surface area (Å²) < 4.78 is 89.2. The Balaban J connectivity index is 1.28. The number of amides is 1. The van der Waals surface area contributed by atoms with Gasteiger partial charge in [-0.1, -0.05) is 0 Å². The normalized spacial score (nSPS) is 19.0. The van der Waals surface area contributed by atoms with Crippen LogP contribution in [0.3, 0.4) is 0 Å². The maximum absolute atomic E-state index is 13.2. The molecule has 3 N–H and O–H groups in total. The molecule has 2 aromatic heterocycles. The number of fused-ring (bicyclic) bond motifs is 3. The van der Waals surface area contributed by atoms with Crippen molar-refractivity contribution in [2.45, 2.75) is 37.5 Å². The Morgan fingerprint density at radius 2 is 1.97 bits per heavy atom. The number of hydrogen-bond acceptors (Lipinski definition) is 9. The van der Waals surface area contributed by atoms with E-state index in [1.54, 1.807) is 10.00 Å². The SMILES string of the molecule is C[C@@H](COC[C@H](O)C(=O)N1CCN2c3ncc(C(F)(F)F)cc3OC[C@H]2C1)Nc1cn[nH]c(=O)c1C(F)(F)F. The molecule has 2 aromatic rings. The number of carbonyl (C=O) groups excluding carboxylic acids is 1. The smallest absolute Gasteiger partial charge is 0.423 e. The van der Waals surface area contributed by atoms with Crippen LogP contribution in [0.2, 0.25) is 0 Å². The van der Waals surface area contributed by atoms with Crippen molar-refractivity contribution in [2.75, 3.05) is 49.7 Å². The number of rotatable bonds is 7. The van der Waals surface area contributed by atoms with Crippen LogP contribution in [0, 0.1) is 0 Å². The summed E-state index contributed by atoms with van der Waals surface area (Å²) in [6, 6.07) is -0.267. The molecule has 39 heavy (non-hydrogen) atoms. The van der Waals surface area contributed by atoms with E-state index in [1.165, 1.54) is 11.8 Å². The molecule has 1 fully saturated rings. The van der Waals surface area contributed by atoms with Gasteiger partial charge in [0, 0.05) is 31.9 Å². The Morgan fingerprint density at radius 3 is 2.67 bits per heavy atom. The third kappa shape index (κ3) is 6.35. The van der Waals surface area contributed by atoms with Crippen molar-refractivity contribution in [3.63, 3.8) is 0 Å². The molecule has 214 valence electrons. The number of aliphatic hydroxyl groups excluding tert-OH is 1. The number of hydrogen-bond donors (Lipinski definition) is 3. The predicted octanol–water partition coefficient (Wildman–Crippen LogP) is 1.49. The molecule has 11 nitrogen and oxygen atoms in total. The van der Waals surface area contributed by atoms with E-state index in [2.05, 4.69) is 15.4 Å². The Hall–Kier alpha value is -3.60. The van der Waals surface area contributed by atoms with Crippen molar-refractivity contribution in [3.05, 3.63) is 39.9 Å². The zero-order chi connectivity index (χ0) is 28.5. The number of piperazine rings is 1. The fourth-order valence-corrected chi connectivity index (χ4v) is 4.31. The van der Waals surface area contributed by atoms with Gasteiger partial charge in [-0.05, 0) is 13.0 Å². The van der Waals surface area contributed by atoms with E-state index in [1.807, 2.05) is 0 Å². The number of aromatic amines is 1. The average molecular weight is 566 g/mol. The van der Waals surface area contributed by atoms with Gasteiger partial charge in [0.05, 0.1) is 36.7 Å². The van der Waals surface area contributed by atoms with Crippen LogP contribution in [0.1, 0.15) is 18.1 Å². The summed E-state index contributed by atoms with van der Waals surface area (Å²) in [5.74, 6) is -0.421. The van der Waals surface area contributed by atoms with Crippen LogP contribution < -0.4 is 20.5 Å². The zero-order valence-corrected chi connectivity index (χ0v) is 20.3. The fraction of sp³-hybridized carbons (Fsp3) is 0.545. The van der Waals surface area contributed by atoms with Crippen LogP contribution >= 0.6 is 0 Å². The van der Waals surface area contributed by atoms with Gasteiger partial charge in [0.2, 0.25) is 0 Å². The van der Waals surface area contributed by atoms with Crippen LogP contribution in [0.4, 0.5) is 37.8 Å². The van der Waals surface area contributed by atoms with Gasteiger partial charge < -0.3 is 29.7 Å². The van der Waals surface area contributed by atoms with Crippen LogP contribution in [0.25, 0.3) is 0 Å². The van der Waals surface area contributed by atoms with E-state index in [0.29, 0.717) is 0 Å². The molecule has 2 aliphatic rings. The minimum absolute atomic E-state index is 0.00439. The number of nitrogens with zero attached hydrogens (tertiary/aromatic N) is 4. The van der Waals surface area contributed by atoms with E-state index in [4.69, 9.17) is 9.47 Å². The van der Waals surface area contributed by atoms with Gasteiger partial charge in [-0.15, -0.1) is 0 Å². The molecule has 2 aliphatic heterocycles. The summed E-state index contributed by atoms with van der Waals surface area (Å²) in [7, 11) is 0. The molecule has 0 spiro atoms. The highest BCUT2D eigenvalue weighted by atomic mass is 19.4. The molecule has 1 saturated heterocycles. The second kappa shape index (κ2) is 10.9. The maximum atomic E-state index is 13.2. The van der Waals surface area contributed by atoms with Crippen LogP contribution in [0.15, 0.2) is 23.3 Å². The van der Waals surface area contributed by atoms with Crippen molar-refractivity contribution in [3.8, 4) is 5.75 Å². The lowest BCUT2D eigenvalue weighted by Gasteiger charge is -2.45. The van der Waals surface area contributed by atoms with Crippen molar-refractivity contribution in [1.29, 1.82) is 0 Å². The molecule has 0 aliphatic carbocycles. The Bertz CT molecular complexity index is 1260. The zero-order valence-electron chi connectivity index (χ0n) is 20.3. The lowest BCUT2D eigenvalue weighted by atomic mass is 10.1. The molecule has 0 bridgehead atoms. The third-order valence-electron chi connectivity index (χ3n) is 6.13. The van der Waals surface area contributed by atoms with E-state index in [0.717, 1.165) is 18.5 Å². The largest absolute Gasteiger partial charge is 0.487 e. The Labute approximate surface area is 216 Å². The summed E-state index contributed by atoms with van der Waals surface area (Å²) in [6.07, 6.45) is -9.52. The molecule has 0 saturated carbocycles. The number of halogens is 6. The van der Waals surface area contributed by atoms with Gasteiger partial charge >= 0.3 is 12.4 Å². The first-order chi connectivity index (χ1) is 18.3. The van der Waals surface area contributed by atoms with E-state index < -0.39 is 65.4 Å². The Kier molecular flexibility index (Phi) is 7.92. The van der Waals surface area contributed by atoms with Gasteiger partial charge in [-0.25, -0.2) is 10.1 Å². The van der Waals surface area contributed by atoms with E-state index in [9.17, 15) is 41.0 Å². The van der Waals surface area contributed by atoms with Crippen molar-refractivity contribution in [1.82, 2.24) is 20.1 Å². The monoisotopic (exact) mass is 566 g/mol. The number of pyridine rings is 1. The number of anilines is 2. The number of nitrogens with one attached hydrogen (secondary N) is 2. The Morgan fingerprint density at radius 1 is 1.23 bits per heavy atom.